The summed E-state index contributed by atoms with van der Waals surface area (Å²) in [5, 5.41) is 6.83. The molecular formula is C19H26N4O4S. The van der Waals surface area contributed by atoms with Crippen LogP contribution in [0.25, 0.3) is 11.5 Å². The summed E-state index contributed by atoms with van der Waals surface area (Å²) in [6.45, 7) is 4.21. The fourth-order valence-corrected chi connectivity index (χ4v) is 5.36. The highest BCUT2D eigenvalue weighted by Crippen LogP contribution is 2.29. The number of aromatic amines is 1. The van der Waals surface area contributed by atoms with E-state index in [1.807, 2.05) is 11.8 Å². The number of nitrogens with one attached hydrogen (secondary N) is 1. The minimum Gasteiger partial charge on any atom is -0.442 e. The van der Waals surface area contributed by atoms with Crippen molar-refractivity contribution in [1.82, 2.24) is 19.4 Å². The van der Waals surface area contributed by atoms with Crippen molar-refractivity contribution < 1.29 is 17.6 Å². The molecule has 0 bridgehead atoms. The largest absolute Gasteiger partial charge is 0.442 e. The van der Waals surface area contributed by atoms with E-state index in [9.17, 15) is 13.2 Å². The number of piperidine rings is 2. The van der Waals surface area contributed by atoms with Gasteiger partial charge in [-0.2, -0.15) is 9.40 Å². The number of aromatic nitrogens is 2. The third-order valence-corrected chi connectivity index (χ3v) is 7.38. The molecular weight excluding hydrogens is 380 g/mol. The first-order valence-electron chi connectivity index (χ1n) is 9.86. The Morgan fingerprint density at radius 2 is 1.86 bits per heavy atom. The standard InChI is InChI=1S/C19H26N4O4S/c1-14-13-16(21-20-14)17-5-6-18(27-17)28(25,26)23-11-7-15(8-12-23)19(24)22-9-3-2-4-10-22/h5-6,13,15H,2-4,7-12H2,1H3,(H,20,21). The predicted molar refractivity (Wildman–Crippen MR) is 103 cm³/mol. The van der Waals surface area contributed by atoms with Crippen LogP contribution in [0.15, 0.2) is 27.7 Å². The van der Waals surface area contributed by atoms with Gasteiger partial charge in [0.1, 0.15) is 5.69 Å². The Balaban J connectivity index is 1.41. The topological polar surface area (TPSA) is 99.5 Å². The molecule has 2 aromatic heterocycles. The number of rotatable bonds is 4. The SMILES string of the molecule is Cc1cc(-c2ccc(S(=O)(=O)N3CCC(C(=O)N4CCCCC4)CC3)o2)n[nH]1. The molecule has 0 atom stereocenters. The van der Waals surface area contributed by atoms with Crippen molar-refractivity contribution in [2.75, 3.05) is 26.2 Å². The molecule has 152 valence electrons. The van der Waals surface area contributed by atoms with E-state index in [0.29, 0.717) is 37.4 Å². The van der Waals surface area contributed by atoms with Crippen molar-refractivity contribution in [3.8, 4) is 11.5 Å². The fraction of sp³-hybridized carbons (Fsp3) is 0.579. The van der Waals surface area contributed by atoms with E-state index in [0.717, 1.165) is 31.6 Å². The molecule has 0 saturated carbocycles. The lowest BCUT2D eigenvalue weighted by molar-refractivity contribution is -0.137. The van der Waals surface area contributed by atoms with Gasteiger partial charge in [0.2, 0.25) is 11.0 Å². The Labute approximate surface area is 164 Å². The lowest BCUT2D eigenvalue weighted by atomic mass is 9.95. The van der Waals surface area contributed by atoms with E-state index in [1.165, 1.54) is 16.8 Å². The second-order valence-electron chi connectivity index (χ2n) is 7.62. The van der Waals surface area contributed by atoms with E-state index in [-0.39, 0.29) is 16.9 Å². The van der Waals surface area contributed by atoms with Crippen LogP contribution in [-0.4, -0.2) is 59.9 Å². The summed E-state index contributed by atoms with van der Waals surface area (Å²) in [4.78, 5) is 14.6. The van der Waals surface area contributed by atoms with E-state index in [2.05, 4.69) is 10.2 Å². The zero-order valence-corrected chi connectivity index (χ0v) is 16.9. The Kier molecular flexibility index (Phi) is 5.29. The number of H-pyrrole nitrogens is 1. The summed E-state index contributed by atoms with van der Waals surface area (Å²) in [6.07, 6.45) is 4.43. The van der Waals surface area contributed by atoms with Gasteiger partial charge in [-0.25, -0.2) is 8.42 Å². The van der Waals surface area contributed by atoms with Crippen molar-refractivity contribution in [2.24, 2.45) is 5.92 Å². The van der Waals surface area contributed by atoms with Gasteiger partial charge in [0, 0.05) is 37.8 Å². The smallest absolute Gasteiger partial charge is 0.276 e. The average Bonchev–Trinajstić information content (AvgIpc) is 3.38. The first-order chi connectivity index (χ1) is 13.4. The molecule has 0 aliphatic carbocycles. The van der Waals surface area contributed by atoms with Crippen LogP contribution in [0.5, 0.6) is 0 Å². The van der Waals surface area contributed by atoms with Crippen LogP contribution in [-0.2, 0) is 14.8 Å². The van der Waals surface area contributed by atoms with Gasteiger partial charge in [-0.05, 0) is 57.2 Å². The summed E-state index contributed by atoms with van der Waals surface area (Å²) in [7, 11) is -3.71. The highest BCUT2D eigenvalue weighted by atomic mass is 32.2. The van der Waals surface area contributed by atoms with Gasteiger partial charge >= 0.3 is 0 Å². The lowest BCUT2D eigenvalue weighted by Crippen LogP contribution is -2.45. The summed E-state index contributed by atoms with van der Waals surface area (Å²) < 4.78 is 32.9. The minimum atomic E-state index is -3.71. The number of hydrogen-bond acceptors (Lipinski definition) is 5. The molecule has 0 aromatic carbocycles. The molecule has 8 nitrogen and oxygen atoms in total. The molecule has 2 aromatic rings. The number of likely N-dealkylation sites (tertiary alicyclic amines) is 1. The maximum absolute atomic E-state index is 12.9. The molecule has 4 heterocycles. The number of amides is 1. The number of furan rings is 1. The van der Waals surface area contributed by atoms with Crippen molar-refractivity contribution in [3.05, 3.63) is 23.9 Å². The zero-order valence-electron chi connectivity index (χ0n) is 16.1. The van der Waals surface area contributed by atoms with E-state index < -0.39 is 10.0 Å². The summed E-state index contributed by atoms with van der Waals surface area (Å²) in [5.41, 5.74) is 1.45. The molecule has 2 aliphatic rings. The fourth-order valence-electron chi connectivity index (χ4n) is 3.98. The van der Waals surface area contributed by atoms with Crippen molar-refractivity contribution >= 4 is 15.9 Å². The molecule has 4 rings (SSSR count). The maximum Gasteiger partial charge on any atom is 0.276 e. The second kappa shape index (κ2) is 7.71. The van der Waals surface area contributed by atoms with Crippen molar-refractivity contribution in [3.63, 3.8) is 0 Å². The summed E-state index contributed by atoms with van der Waals surface area (Å²) in [6, 6.07) is 4.89. The summed E-state index contributed by atoms with van der Waals surface area (Å²) >= 11 is 0. The Bertz CT molecular complexity index is 935. The molecule has 2 aliphatic heterocycles. The van der Waals surface area contributed by atoms with Gasteiger partial charge < -0.3 is 9.32 Å². The van der Waals surface area contributed by atoms with Crippen LogP contribution in [0.4, 0.5) is 0 Å². The molecule has 0 spiro atoms. The third-order valence-electron chi connectivity index (χ3n) is 5.60. The molecule has 1 amide bonds. The van der Waals surface area contributed by atoms with Crippen LogP contribution >= 0.6 is 0 Å². The molecule has 28 heavy (non-hydrogen) atoms. The Hall–Kier alpha value is -2.13. The number of aryl methyl sites for hydroxylation is 1. The van der Waals surface area contributed by atoms with Gasteiger partial charge in [-0.15, -0.1) is 0 Å². The van der Waals surface area contributed by atoms with E-state index >= 15 is 0 Å². The van der Waals surface area contributed by atoms with E-state index in [1.54, 1.807) is 12.1 Å². The van der Waals surface area contributed by atoms with Crippen molar-refractivity contribution in [2.45, 2.75) is 44.1 Å². The summed E-state index contributed by atoms with van der Waals surface area (Å²) in [5.74, 6) is 0.521. The van der Waals surface area contributed by atoms with Crippen LogP contribution < -0.4 is 0 Å². The molecule has 0 radical (unpaired) electrons. The van der Waals surface area contributed by atoms with Gasteiger partial charge in [0.15, 0.2) is 5.76 Å². The minimum absolute atomic E-state index is 0.0797. The molecule has 0 unspecified atom stereocenters. The maximum atomic E-state index is 12.9. The first-order valence-corrected chi connectivity index (χ1v) is 11.3. The second-order valence-corrected chi connectivity index (χ2v) is 9.49. The molecule has 1 N–H and O–H groups in total. The van der Waals surface area contributed by atoms with Gasteiger partial charge in [-0.1, -0.05) is 0 Å². The highest BCUT2D eigenvalue weighted by Gasteiger charge is 2.35. The average molecular weight is 407 g/mol. The number of carbonyl (C=O) groups excluding carboxylic acids is 1. The zero-order chi connectivity index (χ0) is 19.7. The van der Waals surface area contributed by atoms with Crippen molar-refractivity contribution in [1.29, 1.82) is 0 Å². The number of sulfonamides is 1. The van der Waals surface area contributed by atoms with Crippen LogP contribution in [0.2, 0.25) is 0 Å². The predicted octanol–water partition coefficient (Wildman–Crippen LogP) is 2.39. The van der Waals surface area contributed by atoms with Crippen LogP contribution in [0.1, 0.15) is 37.8 Å². The first kappa shape index (κ1) is 19.2. The van der Waals surface area contributed by atoms with Crippen LogP contribution in [0.3, 0.4) is 0 Å². The lowest BCUT2D eigenvalue weighted by Gasteiger charge is -2.34. The number of hydrogen-bond donors (Lipinski definition) is 1. The highest BCUT2D eigenvalue weighted by molar-refractivity contribution is 7.89. The normalized spacial score (nSPS) is 19.8. The quantitative estimate of drug-likeness (QED) is 0.840. The number of nitrogens with zero attached hydrogens (tertiary/aromatic N) is 3. The molecule has 2 fully saturated rings. The van der Waals surface area contributed by atoms with Crippen LogP contribution in [0, 0.1) is 12.8 Å². The monoisotopic (exact) mass is 406 g/mol. The Morgan fingerprint density at radius 3 is 2.50 bits per heavy atom. The number of carbonyl (C=O) groups is 1. The van der Waals surface area contributed by atoms with Gasteiger partial charge in [-0.3, -0.25) is 9.89 Å². The Morgan fingerprint density at radius 1 is 1.14 bits per heavy atom. The molecule has 2 saturated heterocycles. The van der Waals surface area contributed by atoms with Gasteiger partial charge in [0.05, 0.1) is 0 Å². The molecule has 9 heteroatoms. The van der Waals surface area contributed by atoms with Gasteiger partial charge in [0.25, 0.3) is 10.0 Å². The van der Waals surface area contributed by atoms with E-state index in [4.69, 9.17) is 4.42 Å². The third kappa shape index (κ3) is 3.73.